The number of amides is 1. The Morgan fingerprint density at radius 2 is 2.24 bits per heavy atom. The summed E-state index contributed by atoms with van der Waals surface area (Å²) >= 11 is 3.35. The molecule has 94 valence electrons. The van der Waals surface area contributed by atoms with Crippen LogP contribution in [-0.4, -0.2) is 19.1 Å². The number of carbonyl (C=O) groups is 1. The minimum atomic E-state index is -0.185. The molecule has 1 aromatic rings. The fourth-order valence-corrected chi connectivity index (χ4v) is 2.01. The third-order valence-electron chi connectivity index (χ3n) is 2.18. The van der Waals surface area contributed by atoms with Gasteiger partial charge >= 0.3 is 0 Å². The zero-order valence-electron chi connectivity index (χ0n) is 10.0. The first-order valence-electron chi connectivity index (χ1n) is 5.47. The van der Waals surface area contributed by atoms with Crippen molar-refractivity contribution < 1.29 is 9.53 Å². The maximum atomic E-state index is 11.6. The molecule has 0 unspecified atom stereocenters. The molecule has 0 heterocycles. The minimum absolute atomic E-state index is 0.0583. The number of halogens is 1. The molecule has 0 aliphatic carbocycles. The van der Waals surface area contributed by atoms with Gasteiger partial charge in [0, 0.05) is 11.1 Å². The molecular weight excluding hydrogens is 284 g/mol. The molecule has 0 radical (unpaired) electrons. The van der Waals surface area contributed by atoms with Crippen LogP contribution >= 0.6 is 15.9 Å². The number of aryl methyl sites for hydroxylation is 1. The van der Waals surface area contributed by atoms with E-state index in [0.717, 1.165) is 16.5 Å². The third-order valence-corrected chi connectivity index (χ3v) is 2.63. The lowest BCUT2D eigenvalue weighted by atomic mass is 10.1. The molecule has 0 aromatic heterocycles. The number of benzene rings is 1. The summed E-state index contributed by atoms with van der Waals surface area (Å²) in [7, 11) is 0. The van der Waals surface area contributed by atoms with Crippen LogP contribution in [0.15, 0.2) is 16.6 Å². The van der Waals surface area contributed by atoms with Crippen LogP contribution in [0.2, 0.25) is 0 Å². The zero-order chi connectivity index (χ0) is 12.8. The van der Waals surface area contributed by atoms with Crippen molar-refractivity contribution in [1.82, 2.24) is 0 Å². The first-order valence-corrected chi connectivity index (χ1v) is 6.27. The number of nitrogens with two attached hydrogens (primary N) is 1. The summed E-state index contributed by atoms with van der Waals surface area (Å²) in [6, 6.07) is 3.66. The fraction of sp³-hybridized carbons (Fsp3) is 0.417. The summed E-state index contributed by atoms with van der Waals surface area (Å²) in [6.45, 7) is 4.53. The lowest BCUT2D eigenvalue weighted by Gasteiger charge is -2.12. The highest BCUT2D eigenvalue weighted by atomic mass is 79.9. The highest BCUT2D eigenvalue weighted by Gasteiger charge is 2.09. The Kier molecular flexibility index (Phi) is 5.44. The molecule has 0 aliphatic rings. The van der Waals surface area contributed by atoms with E-state index in [2.05, 4.69) is 21.2 Å². The predicted octanol–water partition coefficient (Wildman–Crippen LogP) is 2.70. The van der Waals surface area contributed by atoms with Gasteiger partial charge in [-0.15, -0.1) is 0 Å². The molecule has 4 nitrogen and oxygen atoms in total. The van der Waals surface area contributed by atoms with E-state index in [1.54, 1.807) is 6.07 Å². The Labute approximate surface area is 110 Å². The van der Waals surface area contributed by atoms with Gasteiger partial charge in [-0.3, -0.25) is 4.79 Å². The maximum absolute atomic E-state index is 11.6. The second kappa shape index (κ2) is 6.61. The molecule has 0 spiro atoms. The number of rotatable bonds is 5. The Hall–Kier alpha value is -1.07. The number of hydrogen-bond donors (Lipinski definition) is 2. The molecular formula is C12H17BrN2O2. The van der Waals surface area contributed by atoms with Gasteiger partial charge in [-0.1, -0.05) is 22.9 Å². The fourth-order valence-electron chi connectivity index (χ4n) is 1.42. The van der Waals surface area contributed by atoms with Gasteiger partial charge in [-0.25, -0.2) is 0 Å². The SMILES string of the molecule is CCCOCC(=O)Nc1c(C)cc(Br)cc1N. The topological polar surface area (TPSA) is 64.3 Å². The van der Waals surface area contributed by atoms with Crippen molar-refractivity contribution in [2.45, 2.75) is 20.3 Å². The van der Waals surface area contributed by atoms with Crippen LogP contribution in [0.5, 0.6) is 0 Å². The van der Waals surface area contributed by atoms with Gasteiger partial charge < -0.3 is 15.8 Å². The van der Waals surface area contributed by atoms with E-state index in [4.69, 9.17) is 10.5 Å². The second-order valence-corrected chi connectivity index (χ2v) is 4.70. The number of hydrogen-bond acceptors (Lipinski definition) is 3. The smallest absolute Gasteiger partial charge is 0.250 e. The van der Waals surface area contributed by atoms with Crippen molar-refractivity contribution in [2.75, 3.05) is 24.3 Å². The van der Waals surface area contributed by atoms with Crippen LogP contribution in [-0.2, 0) is 9.53 Å². The Morgan fingerprint density at radius 3 is 2.82 bits per heavy atom. The minimum Gasteiger partial charge on any atom is -0.397 e. The van der Waals surface area contributed by atoms with Crippen LogP contribution in [0, 0.1) is 6.92 Å². The number of carbonyl (C=O) groups excluding carboxylic acids is 1. The first kappa shape index (κ1) is 14.0. The van der Waals surface area contributed by atoms with Crippen LogP contribution in [0.1, 0.15) is 18.9 Å². The molecule has 3 N–H and O–H groups in total. The molecule has 0 aliphatic heterocycles. The quantitative estimate of drug-likeness (QED) is 0.649. The highest BCUT2D eigenvalue weighted by molar-refractivity contribution is 9.10. The number of nitrogen functional groups attached to an aromatic ring is 1. The molecule has 1 aromatic carbocycles. The summed E-state index contributed by atoms with van der Waals surface area (Å²) in [5.74, 6) is -0.185. The van der Waals surface area contributed by atoms with E-state index >= 15 is 0 Å². The van der Waals surface area contributed by atoms with Gasteiger partial charge in [0.1, 0.15) is 6.61 Å². The van der Waals surface area contributed by atoms with E-state index in [1.165, 1.54) is 0 Å². The van der Waals surface area contributed by atoms with Crippen LogP contribution in [0.25, 0.3) is 0 Å². The number of anilines is 2. The monoisotopic (exact) mass is 300 g/mol. The van der Waals surface area contributed by atoms with Crippen molar-refractivity contribution in [2.24, 2.45) is 0 Å². The molecule has 0 saturated heterocycles. The Balaban J connectivity index is 2.65. The summed E-state index contributed by atoms with van der Waals surface area (Å²) in [4.78, 5) is 11.6. The maximum Gasteiger partial charge on any atom is 0.250 e. The van der Waals surface area contributed by atoms with E-state index in [-0.39, 0.29) is 12.5 Å². The second-order valence-electron chi connectivity index (χ2n) is 3.79. The Bertz CT molecular complexity index is 384. The van der Waals surface area contributed by atoms with E-state index in [9.17, 15) is 4.79 Å². The van der Waals surface area contributed by atoms with E-state index in [1.807, 2.05) is 19.9 Å². The molecule has 17 heavy (non-hydrogen) atoms. The number of nitrogens with one attached hydrogen (secondary N) is 1. The highest BCUT2D eigenvalue weighted by Crippen LogP contribution is 2.27. The van der Waals surface area contributed by atoms with Crippen LogP contribution in [0.3, 0.4) is 0 Å². The van der Waals surface area contributed by atoms with Crippen LogP contribution < -0.4 is 11.1 Å². The lowest BCUT2D eigenvalue weighted by Crippen LogP contribution is -2.20. The first-order chi connectivity index (χ1) is 8.04. The van der Waals surface area contributed by atoms with Gasteiger partial charge in [0.25, 0.3) is 0 Å². The van der Waals surface area contributed by atoms with E-state index in [0.29, 0.717) is 18.0 Å². The Morgan fingerprint density at radius 1 is 1.53 bits per heavy atom. The molecule has 1 amide bonds. The van der Waals surface area contributed by atoms with Crippen molar-refractivity contribution in [3.63, 3.8) is 0 Å². The summed E-state index contributed by atoms with van der Waals surface area (Å²) < 4.78 is 6.05. The largest absolute Gasteiger partial charge is 0.397 e. The van der Waals surface area contributed by atoms with Gasteiger partial charge in [0.05, 0.1) is 11.4 Å². The average molecular weight is 301 g/mol. The normalized spacial score (nSPS) is 10.3. The standard InChI is InChI=1S/C12H17BrN2O2/c1-3-4-17-7-11(16)15-12-8(2)5-9(13)6-10(12)14/h5-6H,3-4,7,14H2,1-2H3,(H,15,16). The van der Waals surface area contributed by atoms with Gasteiger partial charge in [-0.2, -0.15) is 0 Å². The van der Waals surface area contributed by atoms with Crippen molar-refractivity contribution in [1.29, 1.82) is 0 Å². The molecule has 1 rings (SSSR count). The predicted molar refractivity (Wildman–Crippen MR) is 73.0 cm³/mol. The average Bonchev–Trinajstić information content (AvgIpc) is 2.24. The van der Waals surface area contributed by atoms with Gasteiger partial charge in [0.15, 0.2) is 0 Å². The van der Waals surface area contributed by atoms with Gasteiger partial charge in [0.2, 0.25) is 5.91 Å². The molecule has 0 atom stereocenters. The molecule has 0 fully saturated rings. The molecule has 0 bridgehead atoms. The molecule has 0 saturated carbocycles. The summed E-state index contributed by atoms with van der Waals surface area (Å²) in [5, 5.41) is 2.75. The summed E-state index contributed by atoms with van der Waals surface area (Å²) in [6.07, 6.45) is 0.896. The van der Waals surface area contributed by atoms with E-state index < -0.39 is 0 Å². The van der Waals surface area contributed by atoms with Crippen molar-refractivity contribution in [3.8, 4) is 0 Å². The van der Waals surface area contributed by atoms with Crippen LogP contribution in [0.4, 0.5) is 11.4 Å². The summed E-state index contributed by atoms with van der Waals surface area (Å²) in [5.41, 5.74) is 7.95. The van der Waals surface area contributed by atoms with Crippen molar-refractivity contribution in [3.05, 3.63) is 22.2 Å². The van der Waals surface area contributed by atoms with Crippen molar-refractivity contribution >= 4 is 33.2 Å². The molecule has 5 heteroatoms. The number of ether oxygens (including phenoxy) is 1. The third kappa shape index (κ3) is 4.36. The zero-order valence-corrected chi connectivity index (χ0v) is 11.6. The van der Waals surface area contributed by atoms with Gasteiger partial charge in [-0.05, 0) is 31.0 Å². The lowest BCUT2D eigenvalue weighted by molar-refractivity contribution is -0.120.